The van der Waals surface area contributed by atoms with Gasteiger partial charge < -0.3 is 14.8 Å². The van der Waals surface area contributed by atoms with Gasteiger partial charge in [-0.3, -0.25) is 4.98 Å². The highest BCUT2D eigenvalue weighted by Crippen LogP contribution is 2.31. The molecule has 0 saturated carbocycles. The average Bonchev–Trinajstić information content (AvgIpc) is 2.30. The number of methoxy groups -OCH3 is 2. The van der Waals surface area contributed by atoms with Crippen LogP contribution < -0.4 is 10.1 Å². The van der Waals surface area contributed by atoms with Crippen molar-refractivity contribution in [2.75, 3.05) is 21.3 Å². The molecule has 0 saturated heterocycles. The van der Waals surface area contributed by atoms with Gasteiger partial charge in [-0.2, -0.15) is 0 Å². The molecule has 0 aliphatic carbocycles. The van der Waals surface area contributed by atoms with E-state index in [1.54, 1.807) is 20.4 Å². The maximum absolute atomic E-state index is 5.49. The second-order valence-corrected chi connectivity index (χ2v) is 4.12. The Labute approximate surface area is 97.0 Å². The molecule has 1 aromatic heterocycles. The number of likely N-dealkylation sites (N-methyl/N-ethyl adjacent to an activating group) is 1. The molecule has 4 nitrogen and oxygen atoms in total. The van der Waals surface area contributed by atoms with Crippen LogP contribution in [-0.4, -0.2) is 31.9 Å². The van der Waals surface area contributed by atoms with Crippen molar-refractivity contribution < 1.29 is 9.47 Å². The number of aromatic nitrogens is 1. The second kappa shape index (κ2) is 5.27. The van der Waals surface area contributed by atoms with Gasteiger partial charge in [-0.05, 0) is 33.0 Å². The van der Waals surface area contributed by atoms with Crippen LogP contribution >= 0.6 is 0 Å². The van der Waals surface area contributed by atoms with Crippen LogP contribution in [0.4, 0.5) is 0 Å². The van der Waals surface area contributed by atoms with Gasteiger partial charge in [0.1, 0.15) is 11.4 Å². The number of hydrogen-bond acceptors (Lipinski definition) is 4. The largest absolute Gasteiger partial charge is 0.495 e. The summed E-state index contributed by atoms with van der Waals surface area (Å²) in [6.07, 6.45) is 1.76. The lowest BCUT2D eigenvalue weighted by Crippen LogP contribution is -2.39. The zero-order valence-electron chi connectivity index (χ0n) is 10.6. The van der Waals surface area contributed by atoms with Gasteiger partial charge in [0, 0.05) is 13.3 Å². The minimum atomic E-state index is -0.351. The van der Waals surface area contributed by atoms with Crippen LogP contribution in [0, 0.1) is 0 Å². The Kier molecular flexibility index (Phi) is 4.26. The minimum Gasteiger partial charge on any atom is -0.495 e. The Morgan fingerprint density at radius 3 is 2.56 bits per heavy atom. The van der Waals surface area contributed by atoms with Gasteiger partial charge in [0.2, 0.25) is 0 Å². The summed E-state index contributed by atoms with van der Waals surface area (Å²) in [5.74, 6) is 0.770. The third-order valence-corrected chi connectivity index (χ3v) is 2.80. The maximum atomic E-state index is 5.49. The van der Waals surface area contributed by atoms with Crippen LogP contribution in [0.15, 0.2) is 18.3 Å². The van der Waals surface area contributed by atoms with Crippen molar-refractivity contribution in [3.8, 4) is 5.75 Å². The fourth-order valence-electron chi connectivity index (χ4n) is 1.72. The van der Waals surface area contributed by atoms with Crippen LogP contribution in [0.25, 0.3) is 0 Å². The van der Waals surface area contributed by atoms with Gasteiger partial charge in [0.05, 0.1) is 18.8 Å². The maximum Gasteiger partial charge on any atom is 0.142 e. The third-order valence-electron chi connectivity index (χ3n) is 2.80. The number of hydrogen-bond donors (Lipinski definition) is 1. The van der Waals surface area contributed by atoms with Gasteiger partial charge >= 0.3 is 0 Å². The molecule has 0 aliphatic heterocycles. The Morgan fingerprint density at radius 1 is 1.38 bits per heavy atom. The number of nitrogens with one attached hydrogen (secondary N) is 1. The first kappa shape index (κ1) is 12.9. The normalized spacial score (nSPS) is 13.6. The molecular formula is C12H20N2O2. The van der Waals surface area contributed by atoms with E-state index in [1.807, 2.05) is 33.0 Å². The van der Waals surface area contributed by atoms with Crippen molar-refractivity contribution in [2.45, 2.75) is 25.5 Å². The van der Waals surface area contributed by atoms with Crippen molar-refractivity contribution in [2.24, 2.45) is 0 Å². The average molecular weight is 224 g/mol. The fraction of sp³-hybridized carbons (Fsp3) is 0.583. The van der Waals surface area contributed by atoms with Crippen LogP contribution in [0.2, 0.25) is 0 Å². The van der Waals surface area contributed by atoms with E-state index in [9.17, 15) is 0 Å². The molecule has 90 valence electrons. The fourth-order valence-corrected chi connectivity index (χ4v) is 1.72. The molecule has 0 aromatic carbocycles. The summed E-state index contributed by atoms with van der Waals surface area (Å²) in [5, 5.41) is 3.22. The van der Waals surface area contributed by atoms with Gasteiger partial charge in [-0.15, -0.1) is 0 Å². The first-order chi connectivity index (χ1) is 7.56. The quantitative estimate of drug-likeness (QED) is 0.828. The first-order valence-electron chi connectivity index (χ1n) is 5.28. The Morgan fingerprint density at radius 2 is 2.06 bits per heavy atom. The number of pyridine rings is 1. The predicted octanol–water partition coefficient (Wildman–Crippen LogP) is 1.78. The van der Waals surface area contributed by atoms with E-state index in [1.165, 1.54) is 0 Å². The summed E-state index contributed by atoms with van der Waals surface area (Å²) in [5.41, 5.74) is 0.510. The van der Waals surface area contributed by atoms with Gasteiger partial charge in [0.25, 0.3) is 0 Å². The lowest BCUT2D eigenvalue weighted by atomic mass is 9.94. The summed E-state index contributed by atoms with van der Waals surface area (Å²) in [4.78, 5) is 4.37. The lowest BCUT2D eigenvalue weighted by Gasteiger charge is -2.33. The molecule has 1 unspecified atom stereocenters. The first-order valence-corrected chi connectivity index (χ1v) is 5.28. The molecule has 0 aliphatic rings. The molecule has 1 atom stereocenters. The third kappa shape index (κ3) is 2.51. The van der Waals surface area contributed by atoms with E-state index in [2.05, 4.69) is 10.3 Å². The Hall–Kier alpha value is -1.13. The molecule has 1 N–H and O–H groups in total. The molecule has 1 rings (SSSR count). The van der Waals surface area contributed by atoms with Crippen LogP contribution in [0.1, 0.15) is 25.6 Å². The molecule has 0 fully saturated rings. The number of rotatable bonds is 5. The van der Waals surface area contributed by atoms with Gasteiger partial charge in [-0.1, -0.05) is 0 Å². The van der Waals surface area contributed by atoms with Crippen LogP contribution in [0.3, 0.4) is 0 Å². The standard InChI is InChI=1S/C12H20N2O2/c1-12(2,16-5)11(13-3)10-9(15-4)7-6-8-14-10/h6-8,11,13H,1-5H3. The molecule has 0 bridgehead atoms. The van der Waals surface area contributed by atoms with E-state index in [0.29, 0.717) is 0 Å². The van der Waals surface area contributed by atoms with Crippen molar-refractivity contribution in [3.63, 3.8) is 0 Å². The molecular weight excluding hydrogens is 204 g/mol. The SMILES string of the molecule is CNC(c1ncccc1OC)C(C)(C)OC. The monoisotopic (exact) mass is 224 g/mol. The van der Waals surface area contributed by atoms with Gasteiger partial charge in [-0.25, -0.2) is 0 Å². The molecule has 1 aromatic rings. The van der Waals surface area contributed by atoms with E-state index in [4.69, 9.17) is 9.47 Å². The topological polar surface area (TPSA) is 43.4 Å². The highest BCUT2D eigenvalue weighted by atomic mass is 16.5. The zero-order chi connectivity index (χ0) is 12.2. The smallest absolute Gasteiger partial charge is 0.142 e. The van der Waals surface area contributed by atoms with Crippen LogP contribution in [0.5, 0.6) is 5.75 Å². The van der Waals surface area contributed by atoms with E-state index in [-0.39, 0.29) is 11.6 Å². The van der Waals surface area contributed by atoms with Crippen molar-refractivity contribution in [3.05, 3.63) is 24.0 Å². The predicted molar refractivity (Wildman–Crippen MR) is 63.7 cm³/mol. The molecule has 0 radical (unpaired) electrons. The van der Waals surface area contributed by atoms with E-state index in [0.717, 1.165) is 11.4 Å². The second-order valence-electron chi connectivity index (χ2n) is 4.12. The summed E-state index contributed by atoms with van der Waals surface area (Å²) in [7, 11) is 5.23. The Bertz CT molecular complexity index is 340. The van der Waals surface area contributed by atoms with Crippen molar-refractivity contribution >= 4 is 0 Å². The Balaban J connectivity index is 3.13. The summed E-state index contributed by atoms with van der Waals surface area (Å²) in [6, 6.07) is 3.74. The zero-order valence-corrected chi connectivity index (χ0v) is 10.6. The van der Waals surface area contributed by atoms with Crippen molar-refractivity contribution in [1.29, 1.82) is 0 Å². The minimum absolute atomic E-state index is 0.0198. The molecule has 16 heavy (non-hydrogen) atoms. The summed E-state index contributed by atoms with van der Waals surface area (Å²) >= 11 is 0. The number of ether oxygens (including phenoxy) is 2. The highest BCUT2D eigenvalue weighted by molar-refractivity contribution is 5.31. The van der Waals surface area contributed by atoms with E-state index >= 15 is 0 Å². The lowest BCUT2D eigenvalue weighted by molar-refractivity contribution is -0.0108. The molecule has 0 spiro atoms. The van der Waals surface area contributed by atoms with Gasteiger partial charge in [0.15, 0.2) is 0 Å². The van der Waals surface area contributed by atoms with Crippen molar-refractivity contribution in [1.82, 2.24) is 10.3 Å². The number of nitrogens with zero attached hydrogens (tertiary/aromatic N) is 1. The summed E-state index contributed by atoms with van der Waals surface area (Å²) in [6.45, 7) is 4.03. The summed E-state index contributed by atoms with van der Waals surface area (Å²) < 4.78 is 10.8. The molecule has 1 heterocycles. The van der Waals surface area contributed by atoms with E-state index < -0.39 is 0 Å². The molecule has 4 heteroatoms. The highest BCUT2D eigenvalue weighted by Gasteiger charge is 2.32. The van der Waals surface area contributed by atoms with Crippen LogP contribution in [-0.2, 0) is 4.74 Å². The molecule has 0 amide bonds.